The van der Waals surface area contributed by atoms with Crippen LogP contribution in [-0.2, 0) is 9.59 Å². The molecule has 1 aromatic heterocycles. The normalized spacial score (nSPS) is 13.9. The number of benzene rings is 2. The molecule has 0 atom stereocenters. The number of anilines is 2. The predicted octanol–water partition coefficient (Wildman–Crippen LogP) is 4.27. The minimum absolute atomic E-state index is 0.201. The summed E-state index contributed by atoms with van der Waals surface area (Å²) in [6, 6.07) is 16.7. The van der Waals surface area contributed by atoms with Crippen molar-refractivity contribution < 1.29 is 19.2 Å². The number of piperidine rings is 1. The summed E-state index contributed by atoms with van der Waals surface area (Å²) in [5.41, 5.74) is 1.59. The number of thiophene rings is 1. The summed E-state index contributed by atoms with van der Waals surface area (Å²) < 4.78 is 0. The molecule has 1 aliphatic heterocycles. The van der Waals surface area contributed by atoms with Gasteiger partial charge in [0, 0.05) is 24.1 Å². The van der Waals surface area contributed by atoms with Crippen molar-refractivity contribution in [2.75, 3.05) is 10.2 Å². The Morgan fingerprint density at radius 2 is 1.50 bits per heavy atom. The first-order valence-corrected chi connectivity index (χ1v) is 10.4. The summed E-state index contributed by atoms with van der Waals surface area (Å²) in [7, 11) is 0. The third kappa shape index (κ3) is 3.92. The second-order valence-electron chi connectivity index (χ2n) is 6.83. The highest BCUT2D eigenvalue weighted by atomic mass is 32.1. The molecule has 0 bridgehead atoms. The topological polar surface area (TPSA) is 83.6 Å². The zero-order valence-electron chi connectivity index (χ0n) is 16.0. The number of hydrogen-bond acceptors (Lipinski definition) is 5. The van der Waals surface area contributed by atoms with Crippen LogP contribution in [0.4, 0.5) is 11.4 Å². The average Bonchev–Trinajstić information content (AvgIpc) is 3.29. The highest BCUT2D eigenvalue weighted by Gasteiger charge is 2.27. The number of carbonyl (C=O) groups excluding carboxylic acids is 4. The predicted molar refractivity (Wildman–Crippen MR) is 115 cm³/mol. The minimum Gasteiger partial charge on any atom is -0.322 e. The summed E-state index contributed by atoms with van der Waals surface area (Å²) >= 11 is 1.32. The quantitative estimate of drug-likeness (QED) is 0.495. The third-order valence-corrected chi connectivity index (χ3v) is 5.69. The molecule has 0 aliphatic carbocycles. The average molecular weight is 418 g/mol. The molecule has 1 aliphatic rings. The van der Waals surface area contributed by atoms with Crippen LogP contribution in [-0.4, -0.2) is 23.5 Å². The summed E-state index contributed by atoms with van der Waals surface area (Å²) in [6.07, 6.45) is 1.27. The maximum absolute atomic E-state index is 12.8. The van der Waals surface area contributed by atoms with Crippen molar-refractivity contribution in [1.82, 2.24) is 0 Å². The van der Waals surface area contributed by atoms with Crippen LogP contribution in [0.3, 0.4) is 0 Å². The van der Waals surface area contributed by atoms with Crippen LogP contribution >= 0.6 is 11.3 Å². The Morgan fingerprint density at radius 1 is 0.833 bits per heavy atom. The highest BCUT2D eigenvalue weighted by Crippen LogP contribution is 2.24. The number of nitrogens with zero attached hydrogens (tertiary/aromatic N) is 1. The van der Waals surface area contributed by atoms with Crippen LogP contribution in [0, 0.1) is 0 Å². The van der Waals surface area contributed by atoms with Gasteiger partial charge in [0.25, 0.3) is 5.91 Å². The molecule has 1 fully saturated rings. The van der Waals surface area contributed by atoms with E-state index < -0.39 is 5.91 Å². The Bertz CT molecular complexity index is 1100. The van der Waals surface area contributed by atoms with E-state index in [1.165, 1.54) is 16.2 Å². The van der Waals surface area contributed by atoms with Crippen molar-refractivity contribution in [3.63, 3.8) is 0 Å². The molecule has 3 aromatic rings. The van der Waals surface area contributed by atoms with E-state index in [0.717, 1.165) is 0 Å². The lowest BCUT2D eigenvalue weighted by Crippen LogP contribution is -2.40. The van der Waals surface area contributed by atoms with E-state index in [0.29, 0.717) is 41.1 Å². The Morgan fingerprint density at radius 3 is 2.13 bits per heavy atom. The number of nitrogens with one attached hydrogen (secondary N) is 1. The lowest BCUT2D eigenvalue weighted by molar-refractivity contribution is -0.129. The fourth-order valence-electron chi connectivity index (χ4n) is 3.35. The molecule has 6 nitrogen and oxygen atoms in total. The number of ketones is 1. The van der Waals surface area contributed by atoms with Gasteiger partial charge in [0.05, 0.1) is 16.1 Å². The Balaban J connectivity index is 1.53. The number of amides is 3. The summed E-state index contributed by atoms with van der Waals surface area (Å²) in [5.74, 6) is -1.05. The number of hydrogen-bond donors (Lipinski definition) is 1. The maximum Gasteiger partial charge on any atom is 0.256 e. The summed E-state index contributed by atoms with van der Waals surface area (Å²) in [5, 5.41) is 4.59. The highest BCUT2D eigenvalue weighted by molar-refractivity contribution is 7.12. The largest absolute Gasteiger partial charge is 0.322 e. The van der Waals surface area contributed by atoms with Gasteiger partial charge in [0.2, 0.25) is 17.6 Å². The van der Waals surface area contributed by atoms with Gasteiger partial charge in [-0.05, 0) is 48.2 Å². The molecule has 2 aromatic carbocycles. The van der Waals surface area contributed by atoms with E-state index >= 15 is 0 Å². The molecule has 0 saturated carbocycles. The SMILES string of the molecule is O=C(Nc1ccc(N2C(=O)CCCC2=O)cc1)c1ccccc1C(=O)c1cccs1. The van der Waals surface area contributed by atoms with Crippen molar-refractivity contribution in [3.05, 3.63) is 82.0 Å². The maximum atomic E-state index is 12.8. The van der Waals surface area contributed by atoms with Gasteiger partial charge in [0.1, 0.15) is 0 Å². The molecule has 0 spiro atoms. The number of rotatable bonds is 5. The van der Waals surface area contributed by atoms with Gasteiger partial charge in [-0.1, -0.05) is 24.3 Å². The van der Waals surface area contributed by atoms with Crippen LogP contribution < -0.4 is 10.2 Å². The molecule has 30 heavy (non-hydrogen) atoms. The van der Waals surface area contributed by atoms with Gasteiger partial charge in [-0.3, -0.25) is 24.1 Å². The Kier molecular flexibility index (Phi) is 5.54. The van der Waals surface area contributed by atoms with Crippen molar-refractivity contribution in [2.24, 2.45) is 0 Å². The van der Waals surface area contributed by atoms with E-state index in [-0.39, 0.29) is 23.2 Å². The van der Waals surface area contributed by atoms with E-state index in [2.05, 4.69) is 5.32 Å². The first-order valence-electron chi connectivity index (χ1n) is 9.49. The number of carbonyl (C=O) groups is 4. The first-order chi connectivity index (χ1) is 14.5. The van der Waals surface area contributed by atoms with Gasteiger partial charge >= 0.3 is 0 Å². The molecule has 150 valence electrons. The second-order valence-corrected chi connectivity index (χ2v) is 7.78. The molecular weight excluding hydrogens is 400 g/mol. The van der Waals surface area contributed by atoms with Crippen LogP contribution in [0.5, 0.6) is 0 Å². The smallest absolute Gasteiger partial charge is 0.256 e. The molecule has 0 radical (unpaired) electrons. The molecule has 0 unspecified atom stereocenters. The molecule has 1 saturated heterocycles. The van der Waals surface area contributed by atoms with Crippen LogP contribution in [0.2, 0.25) is 0 Å². The van der Waals surface area contributed by atoms with Gasteiger partial charge in [-0.25, -0.2) is 0 Å². The van der Waals surface area contributed by atoms with Crippen LogP contribution in [0.1, 0.15) is 44.9 Å². The van der Waals surface area contributed by atoms with Crippen LogP contribution in [0.25, 0.3) is 0 Å². The van der Waals surface area contributed by atoms with Gasteiger partial charge in [-0.2, -0.15) is 0 Å². The van der Waals surface area contributed by atoms with Crippen molar-refractivity contribution in [2.45, 2.75) is 19.3 Å². The monoisotopic (exact) mass is 418 g/mol. The van der Waals surface area contributed by atoms with Gasteiger partial charge in [0.15, 0.2) is 0 Å². The van der Waals surface area contributed by atoms with E-state index in [9.17, 15) is 19.2 Å². The Labute approximate surface area is 177 Å². The van der Waals surface area contributed by atoms with Crippen molar-refractivity contribution >= 4 is 46.2 Å². The molecule has 2 heterocycles. The second kappa shape index (κ2) is 8.42. The number of imide groups is 1. The molecular formula is C23H18N2O4S. The molecule has 1 N–H and O–H groups in total. The zero-order chi connectivity index (χ0) is 21.1. The zero-order valence-corrected chi connectivity index (χ0v) is 16.8. The Hall–Kier alpha value is -3.58. The molecule has 4 rings (SSSR count). The van der Waals surface area contributed by atoms with E-state index in [1.54, 1.807) is 60.7 Å². The fourth-order valence-corrected chi connectivity index (χ4v) is 4.03. The molecule has 3 amide bonds. The first kappa shape index (κ1) is 19.7. The van der Waals surface area contributed by atoms with Crippen molar-refractivity contribution in [3.8, 4) is 0 Å². The van der Waals surface area contributed by atoms with E-state index in [4.69, 9.17) is 0 Å². The lowest BCUT2D eigenvalue weighted by atomic mass is 10.0. The third-order valence-electron chi connectivity index (χ3n) is 4.82. The van der Waals surface area contributed by atoms with Crippen molar-refractivity contribution in [1.29, 1.82) is 0 Å². The summed E-state index contributed by atoms with van der Waals surface area (Å²) in [6.45, 7) is 0. The molecule has 7 heteroatoms. The van der Waals surface area contributed by atoms with Crippen LogP contribution in [0.15, 0.2) is 66.0 Å². The summed E-state index contributed by atoms with van der Waals surface area (Å²) in [4.78, 5) is 51.4. The fraction of sp³-hybridized carbons (Fsp3) is 0.130. The van der Waals surface area contributed by atoms with E-state index in [1.807, 2.05) is 5.38 Å². The van der Waals surface area contributed by atoms with Gasteiger partial charge < -0.3 is 5.32 Å². The standard InChI is InChI=1S/C23H18N2O4S/c26-20-8-3-9-21(27)25(20)16-12-10-15(11-13-16)24-23(29)18-6-2-1-5-17(18)22(28)19-7-4-14-30-19/h1-2,4-7,10-14H,3,8-9H2,(H,24,29). The lowest BCUT2D eigenvalue weighted by Gasteiger charge is -2.25. The minimum atomic E-state index is -0.409. The van der Waals surface area contributed by atoms with Gasteiger partial charge in [-0.15, -0.1) is 11.3 Å².